The molecule has 0 bridgehead atoms. The van der Waals surface area contributed by atoms with E-state index in [-0.39, 0.29) is 31.5 Å². The summed E-state index contributed by atoms with van der Waals surface area (Å²) >= 11 is 6.33. The Bertz CT molecular complexity index is 1080. The lowest BCUT2D eigenvalue weighted by Crippen LogP contribution is -2.39. The third-order valence-corrected chi connectivity index (χ3v) is 6.00. The topological polar surface area (TPSA) is 95.8 Å². The Morgan fingerprint density at radius 3 is 2.47 bits per heavy atom. The van der Waals surface area contributed by atoms with Gasteiger partial charge in [0.1, 0.15) is 18.0 Å². The average molecular weight is 513 g/mol. The highest BCUT2D eigenvalue weighted by Crippen LogP contribution is 2.28. The molecule has 0 N–H and O–H groups in total. The van der Waals surface area contributed by atoms with Crippen molar-refractivity contribution in [1.82, 2.24) is 9.88 Å². The fourth-order valence-corrected chi connectivity index (χ4v) is 4.42. The highest BCUT2D eigenvalue weighted by molar-refractivity contribution is 6.31. The summed E-state index contributed by atoms with van der Waals surface area (Å²) in [6.07, 6.45) is 7.03. The van der Waals surface area contributed by atoms with Gasteiger partial charge in [0.15, 0.2) is 0 Å². The van der Waals surface area contributed by atoms with Gasteiger partial charge in [0.25, 0.3) is 5.91 Å². The maximum absolute atomic E-state index is 13.4. The summed E-state index contributed by atoms with van der Waals surface area (Å²) in [7, 11) is 0. The van der Waals surface area contributed by atoms with E-state index in [2.05, 4.69) is 11.1 Å². The number of hydrogen-bond donors (Lipinski definition) is 0. The van der Waals surface area contributed by atoms with Crippen LogP contribution in [0.1, 0.15) is 63.2 Å². The summed E-state index contributed by atoms with van der Waals surface area (Å²) < 4.78 is 11.5. The maximum atomic E-state index is 13.4. The van der Waals surface area contributed by atoms with Gasteiger partial charge in [-0.2, -0.15) is 5.26 Å². The lowest BCUT2D eigenvalue weighted by molar-refractivity contribution is 0.0574. The van der Waals surface area contributed by atoms with Gasteiger partial charge in [-0.3, -0.25) is 14.7 Å². The van der Waals surface area contributed by atoms with Crippen molar-refractivity contribution in [3.63, 3.8) is 0 Å². The second-order valence-electron chi connectivity index (χ2n) is 9.71. The van der Waals surface area contributed by atoms with Crippen LogP contribution >= 0.6 is 11.6 Å². The minimum atomic E-state index is -0.651. The molecule has 2 amide bonds. The molecule has 0 atom stereocenters. The molecule has 8 nitrogen and oxygen atoms in total. The van der Waals surface area contributed by atoms with E-state index in [1.165, 1.54) is 4.90 Å². The number of halogens is 1. The van der Waals surface area contributed by atoms with Crippen LogP contribution < -0.4 is 9.64 Å². The van der Waals surface area contributed by atoms with Crippen molar-refractivity contribution in [1.29, 1.82) is 5.26 Å². The number of carbonyl (C=O) groups is 2. The number of aromatic nitrogens is 1. The summed E-state index contributed by atoms with van der Waals surface area (Å²) in [5, 5.41) is 9.43. The van der Waals surface area contributed by atoms with Gasteiger partial charge in [0, 0.05) is 35.6 Å². The van der Waals surface area contributed by atoms with Gasteiger partial charge >= 0.3 is 6.09 Å². The number of rotatable bonds is 9. The first kappa shape index (κ1) is 27.3. The Morgan fingerprint density at radius 1 is 1.14 bits per heavy atom. The van der Waals surface area contributed by atoms with Gasteiger partial charge in [-0.1, -0.05) is 24.4 Å². The Balaban J connectivity index is 1.72. The largest absolute Gasteiger partial charge is 0.492 e. The molecule has 0 saturated heterocycles. The van der Waals surface area contributed by atoms with Gasteiger partial charge in [0.05, 0.1) is 24.7 Å². The second-order valence-corrected chi connectivity index (χ2v) is 10.1. The first-order valence-corrected chi connectivity index (χ1v) is 12.6. The SMILES string of the molecule is CC(C)(C)OC(=O)N(CCOc1cc(Cl)cc(C(=O)N(CCC#N)C2CCCC2)c1)c1ccncc1. The van der Waals surface area contributed by atoms with Gasteiger partial charge in [-0.05, 0) is 63.9 Å². The van der Waals surface area contributed by atoms with Gasteiger partial charge in [0.2, 0.25) is 0 Å². The van der Waals surface area contributed by atoms with E-state index in [9.17, 15) is 9.59 Å². The summed E-state index contributed by atoms with van der Waals surface area (Å²) in [6, 6.07) is 10.6. The highest BCUT2D eigenvalue weighted by atomic mass is 35.5. The molecule has 1 aromatic heterocycles. The van der Waals surface area contributed by atoms with Crippen LogP contribution in [0.2, 0.25) is 5.02 Å². The molecule has 1 aliphatic rings. The number of benzene rings is 1. The first-order chi connectivity index (χ1) is 17.2. The zero-order valence-electron chi connectivity index (χ0n) is 21.1. The third-order valence-electron chi connectivity index (χ3n) is 5.78. The summed E-state index contributed by atoms with van der Waals surface area (Å²) in [5.74, 6) is 0.271. The van der Waals surface area contributed by atoms with Crippen molar-refractivity contribution >= 4 is 29.3 Å². The number of anilines is 1. The van der Waals surface area contributed by atoms with Gasteiger partial charge < -0.3 is 14.4 Å². The third kappa shape index (κ3) is 7.85. The molecule has 0 radical (unpaired) electrons. The van der Waals surface area contributed by atoms with Gasteiger partial charge in [-0.15, -0.1) is 0 Å². The van der Waals surface area contributed by atoms with Crippen LogP contribution in [0.25, 0.3) is 0 Å². The number of nitriles is 1. The van der Waals surface area contributed by atoms with Crippen LogP contribution in [0, 0.1) is 11.3 Å². The zero-order valence-corrected chi connectivity index (χ0v) is 21.8. The zero-order chi connectivity index (χ0) is 26.1. The van der Waals surface area contributed by atoms with Crippen LogP contribution in [0.3, 0.4) is 0 Å². The molecule has 3 rings (SSSR count). The van der Waals surface area contributed by atoms with E-state index in [0.29, 0.717) is 28.6 Å². The summed E-state index contributed by atoms with van der Waals surface area (Å²) in [4.78, 5) is 33.5. The molecule has 36 heavy (non-hydrogen) atoms. The smallest absolute Gasteiger partial charge is 0.414 e. The molecular weight excluding hydrogens is 480 g/mol. The Labute approximate surface area is 217 Å². The van der Waals surface area contributed by atoms with Crippen molar-refractivity contribution in [2.75, 3.05) is 24.6 Å². The van der Waals surface area contributed by atoms with Crippen LogP contribution in [-0.4, -0.2) is 53.2 Å². The van der Waals surface area contributed by atoms with Crippen LogP contribution in [-0.2, 0) is 4.74 Å². The van der Waals surface area contributed by atoms with Crippen molar-refractivity contribution in [3.05, 3.63) is 53.3 Å². The molecular formula is C27H33ClN4O4. The van der Waals surface area contributed by atoms with Gasteiger partial charge in [-0.25, -0.2) is 4.79 Å². The van der Waals surface area contributed by atoms with E-state index in [0.717, 1.165) is 25.7 Å². The number of amides is 2. The predicted molar refractivity (Wildman–Crippen MR) is 138 cm³/mol. The Hall–Kier alpha value is -3.31. The van der Waals surface area contributed by atoms with E-state index in [4.69, 9.17) is 26.3 Å². The van der Waals surface area contributed by atoms with Crippen LogP contribution in [0.15, 0.2) is 42.7 Å². The normalized spacial score (nSPS) is 13.6. The standard InChI is InChI=1S/C27H33ClN4O4/c1-27(2,3)36-26(34)32(23-9-12-30-13-10-23)15-16-35-24-18-20(17-21(28)19-24)25(33)31(14-6-11-29)22-7-4-5-8-22/h9-10,12-13,17-19,22H,4-8,14-16H2,1-3H3. The number of ether oxygens (including phenoxy) is 2. The van der Waals surface area contributed by atoms with Crippen molar-refractivity contribution in [3.8, 4) is 11.8 Å². The molecule has 1 aromatic carbocycles. The Morgan fingerprint density at radius 2 is 1.83 bits per heavy atom. The summed E-state index contributed by atoms with van der Waals surface area (Å²) in [6.45, 7) is 6.17. The number of pyridine rings is 1. The lowest BCUT2D eigenvalue weighted by atomic mass is 10.1. The van der Waals surface area contributed by atoms with Crippen LogP contribution in [0.4, 0.5) is 10.5 Å². The van der Waals surface area contributed by atoms with E-state index in [1.54, 1.807) is 47.6 Å². The molecule has 1 saturated carbocycles. The van der Waals surface area contributed by atoms with E-state index in [1.807, 2.05) is 20.8 Å². The number of nitrogens with zero attached hydrogens (tertiary/aromatic N) is 4. The fourth-order valence-electron chi connectivity index (χ4n) is 4.19. The molecule has 1 fully saturated rings. The minimum absolute atomic E-state index is 0.136. The molecule has 0 aliphatic heterocycles. The van der Waals surface area contributed by atoms with E-state index >= 15 is 0 Å². The first-order valence-electron chi connectivity index (χ1n) is 12.2. The van der Waals surface area contributed by atoms with Crippen molar-refractivity contribution in [2.45, 2.75) is 64.5 Å². The molecule has 1 heterocycles. The molecule has 0 unspecified atom stereocenters. The van der Waals surface area contributed by atoms with Crippen molar-refractivity contribution < 1.29 is 19.1 Å². The summed E-state index contributed by atoms with van der Waals surface area (Å²) in [5.41, 5.74) is 0.400. The van der Waals surface area contributed by atoms with Crippen molar-refractivity contribution in [2.24, 2.45) is 0 Å². The molecule has 2 aromatic rings. The predicted octanol–water partition coefficient (Wildman–Crippen LogP) is 5.85. The molecule has 1 aliphatic carbocycles. The van der Waals surface area contributed by atoms with E-state index < -0.39 is 11.7 Å². The number of carbonyl (C=O) groups excluding carboxylic acids is 2. The number of hydrogen-bond acceptors (Lipinski definition) is 6. The molecule has 0 spiro atoms. The Kier molecular flexibility index (Phi) is 9.54. The average Bonchev–Trinajstić information content (AvgIpc) is 3.35. The monoisotopic (exact) mass is 512 g/mol. The molecule has 9 heteroatoms. The second kappa shape index (κ2) is 12.6. The van der Waals surface area contributed by atoms with Crippen LogP contribution in [0.5, 0.6) is 5.75 Å². The minimum Gasteiger partial charge on any atom is -0.492 e. The lowest BCUT2D eigenvalue weighted by Gasteiger charge is -2.28. The maximum Gasteiger partial charge on any atom is 0.414 e. The quantitative estimate of drug-likeness (QED) is 0.418. The fraction of sp³-hybridized carbons (Fsp3) is 0.481. The highest BCUT2D eigenvalue weighted by Gasteiger charge is 2.28. The molecule has 192 valence electrons.